The van der Waals surface area contributed by atoms with Crippen LogP contribution >= 0.6 is 11.6 Å². The first-order valence-corrected chi connectivity index (χ1v) is 9.07. The highest BCUT2D eigenvalue weighted by molar-refractivity contribution is 6.22. The maximum absolute atomic E-state index is 7.10. The summed E-state index contributed by atoms with van der Waals surface area (Å²) in [5.74, 6) is 1.19. The van der Waals surface area contributed by atoms with Crippen LogP contribution < -0.4 is 5.43 Å². The first kappa shape index (κ1) is 22.5. The van der Waals surface area contributed by atoms with Crippen LogP contribution in [0.15, 0.2) is 22.4 Å². The summed E-state index contributed by atoms with van der Waals surface area (Å²) in [4.78, 5) is 2.35. The Hall–Kier alpha value is -1.59. The van der Waals surface area contributed by atoms with Crippen molar-refractivity contribution in [3.05, 3.63) is 12.2 Å². The zero-order chi connectivity index (χ0) is 19.6. The molecule has 0 amide bonds. The fourth-order valence-electron chi connectivity index (χ4n) is 2.34. The number of aliphatic hydroxyl groups is 1. The van der Waals surface area contributed by atoms with Gasteiger partial charge in [-0.05, 0) is 51.7 Å². The highest BCUT2D eigenvalue weighted by atomic mass is 35.5. The van der Waals surface area contributed by atoms with E-state index in [1.807, 2.05) is 25.4 Å². The lowest BCUT2D eigenvalue weighted by Crippen LogP contribution is -2.45. The van der Waals surface area contributed by atoms with Crippen molar-refractivity contribution < 1.29 is 9.84 Å². The Labute approximate surface area is 161 Å². The number of amidine groups is 1. The summed E-state index contributed by atoms with van der Waals surface area (Å²) >= 11 is 6.02. The molecule has 0 aliphatic carbocycles. The van der Waals surface area contributed by atoms with Gasteiger partial charge in [-0.15, -0.1) is 5.10 Å². The van der Waals surface area contributed by atoms with E-state index in [-0.39, 0.29) is 11.1 Å². The summed E-state index contributed by atoms with van der Waals surface area (Å²) in [6, 6.07) is 0. The number of nitrogens with zero attached hydrogens (tertiary/aromatic N) is 4. The minimum atomic E-state index is -0.155. The van der Waals surface area contributed by atoms with Gasteiger partial charge in [0.25, 0.3) is 0 Å². The molecule has 7 nitrogen and oxygen atoms in total. The van der Waals surface area contributed by atoms with Crippen molar-refractivity contribution in [1.29, 1.82) is 0 Å². The lowest BCUT2D eigenvalue weighted by Gasteiger charge is -2.32. The molecule has 8 heteroatoms. The van der Waals surface area contributed by atoms with E-state index < -0.39 is 0 Å². The molecular formula is C18H30ClN5O2. The molecule has 2 heterocycles. The molecule has 0 bridgehead atoms. The van der Waals surface area contributed by atoms with Gasteiger partial charge in [0.05, 0.1) is 12.3 Å². The molecule has 1 atom stereocenters. The molecular weight excluding hydrogens is 354 g/mol. The Morgan fingerprint density at radius 1 is 1.46 bits per heavy atom. The molecule has 0 spiro atoms. The maximum Gasteiger partial charge on any atom is 0.162 e. The predicted molar refractivity (Wildman–Crippen MR) is 106 cm³/mol. The molecule has 0 aromatic carbocycles. The third kappa shape index (κ3) is 9.20. The van der Waals surface area contributed by atoms with E-state index in [1.54, 1.807) is 5.01 Å². The highest BCUT2D eigenvalue weighted by Crippen LogP contribution is 2.17. The molecule has 0 saturated carbocycles. The number of likely N-dealkylation sites (N-methyl/N-ethyl adjacent to an activating group) is 1. The van der Waals surface area contributed by atoms with Gasteiger partial charge in [-0.2, -0.15) is 5.10 Å². The minimum absolute atomic E-state index is 0.0792. The van der Waals surface area contributed by atoms with Crippen molar-refractivity contribution in [3.63, 3.8) is 0 Å². The number of hydrogen-bond donors (Lipinski definition) is 2. The van der Waals surface area contributed by atoms with Gasteiger partial charge in [0, 0.05) is 26.4 Å². The number of likely N-dealkylation sites (tertiary alicyclic amines) is 1. The van der Waals surface area contributed by atoms with Gasteiger partial charge < -0.3 is 15.3 Å². The fourth-order valence-corrected chi connectivity index (χ4v) is 2.46. The van der Waals surface area contributed by atoms with Crippen molar-refractivity contribution in [2.24, 2.45) is 16.1 Å². The Kier molecular flexibility index (Phi) is 9.66. The second-order valence-electron chi connectivity index (χ2n) is 7.17. The number of ether oxygens (including phenoxy) is 1. The normalized spacial score (nSPS) is 24.2. The quantitative estimate of drug-likeness (QED) is 0.256. The number of hydrogen-bond acceptors (Lipinski definition) is 6. The van der Waals surface area contributed by atoms with Crippen molar-refractivity contribution in [2.75, 3.05) is 26.9 Å². The monoisotopic (exact) mass is 383 g/mol. The lowest BCUT2D eigenvalue weighted by atomic mass is 9.99. The standard InChI is InChI=1S/C16H28ClN5O.C2H2O/c1-16(2,3)23-12-22-9-7-13(8-10-22)11-18-19-15-6-5-14(17)21(4)20-15;1-2-3/h5-6,11,13-14H,7-10,12H2,1-4H3,(H,19,20);1,3H/b18-11+;. The van der Waals surface area contributed by atoms with Crippen LogP contribution in [0.5, 0.6) is 0 Å². The first-order chi connectivity index (χ1) is 12.2. The average Bonchev–Trinajstić information content (AvgIpc) is 2.57. The second-order valence-corrected chi connectivity index (χ2v) is 7.62. The summed E-state index contributed by atoms with van der Waals surface area (Å²) in [7, 11) is 1.87. The molecule has 2 rings (SSSR count). The van der Waals surface area contributed by atoms with Gasteiger partial charge in [0.2, 0.25) is 0 Å². The Morgan fingerprint density at radius 2 is 2.08 bits per heavy atom. The summed E-state index contributed by atoms with van der Waals surface area (Å²) in [5, 5.41) is 17.3. The predicted octanol–water partition coefficient (Wildman–Crippen LogP) is 2.38. The van der Waals surface area contributed by atoms with E-state index in [0.29, 0.717) is 18.5 Å². The molecule has 2 aliphatic heterocycles. The number of nitrogens with one attached hydrogen (secondary N) is 1. The zero-order valence-corrected chi connectivity index (χ0v) is 16.8. The Morgan fingerprint density at radius 3 is 2.62 bits per heavy atom. The molecule has 0 aromatic heterocycles. The van der Waals surface area contributed by atoms with Crippen LogP contribution in [-0.4, -0.2) is 65.0 Å². The number of hydrazine groups is 1. The largest absolute Gasteiger partial charge is 0.462 e. The topological polar surface area (TPSA) is 72.7 Å². The van der Waals surface area contributed by atoms with Crippen molar-refractivity contribution in [2.45, 2.75) is 44.7 Å². The van der Waals surface area contributed by atoms with E-state index >= 15 is 0 Å². The number of halogens is 1. The van der Waals surface area contributed by atoms with Crippen LogP contribution in [0, 0.1) is 18.4 Å². The smallest absolute Gasteiger partial charge is 0.162 e. The third-order valence-electron chi connectivity index (χ3n) is 3.83. The molecule has 0 radical (unpaired) electrons. The maximum atomic E-state index is 7.10. The highest BCUT2D eigenvalue weighted by Gasteiger charge is 2.20. The molecule has 1 fully saturated rings. The lowest BCUT2D eigenvalue weighted by molar-refractivity contribution is -0.0692. The number of alkyl halides is 1. The zero-order valence-electron chi connectivity index (χ0n) is 16.0. The third-order valence-corrected chi connectivity index (χ3v) is 4.27. The fraction of sp³-hybridized carbons (Fsp3) is 0.667. The molecule has 26 heavy (non-hydrogen) atoms. The van der Waals surface area contributed by atoms with Crippen molar-refractivity contribution in [1.82, 2.24) is 15.3 Å². The van der Waals surface area contributed by atoms with Crippen molar-refractivity contribution in [3.8, 4) is 12.5 Å². The number of terminal acetylenes is 1. The van der Waals surface area contributed by atoms with Crippen LogP contribution in [0.2, 0.25) is 0 Å². The average molecular weight is 384 g/mol. The number of rotatable bonds is 4. The van der Waals surface area contributed by atoms with E-state index in [9.17, 15) is 0 Å². The van der Waals surface area contributed by atoms with Crippen LogP contribution in [0.25, 0.3) is 0 Å². The Bertz CT molecular complexity index is 543. The SMILES string of the molecule is C#CO.CN1N/C(=N\N=C\C2CCN(COC(C)(C)C)CC2)C=CC1Cl. The summed E-state index contributed by atoms with van der Waals surface area (Å²) < 4.78 is 5.82. The summed E-state index contributed by atoms with van der Waals surface area (Å²) in [6.07, 6.45) is 13.3. The van der Waals surface area contributed by atoms with E-state index in [0.717, 1.165) is 25.9 Å². The number of aliphatic hydroxyl groups excluding tert-OH is 1. The van der Waals surface area contributed by atoms with Gasteiger partial charge in [-0.3, -0.25) is 4.90 Å². The van der Waals surface area contributed by atoms with Gasteiger partial charge in [0.1, 0.15) is 11.6 Å². The molecule has 146 valence electrons. The van der Waals surface area contributed by atoms with Gasteiger partial charge >= 0.3 is 0 Å². The van der Waals surface area contributed by atoms with Crippen LogP contribution in [0.1, 0.15) is 33.6 Å². The van der Waals surface area contributed by atoms with E-state index in [2.05, 4.69) is 47.7 Å². The first-order valence-electron chi connectivity index (χ1n) is 8.64. The van der Waals surface area contributed by atoms with Crippen LogP contribution in [-0.2, 0) is 4.74 Å². The summed E-state index contributed by atoms with van der Waals surface area (Å²) in [5.41, 5.74) is 2.83. The second kappa shape index (κ2) is 11.2. The van der Waals surface area contributed by atoms with E-state index in [1.165, 1.54) is 6.11 Å². The number of piperidine rings is 1. The molecule has 1 saturated heterocycles. The molecule has 0 aromatic rings. The molecule has 2 N–H and O–H groups in total. The van der Waals surface area contributed by atoms with Crippen LogP contribution in [0.4, 0.5) is 0 Å². The summed E-state index contributed by atoms with van der Waals surface area (Å²) in [6.45, 7) is 9.04. The minimum Gasteiger partial charge on any atom is -0.462 e. The van der Waals surface area contributed by atoms with Gasteiger partial charge in [-0.25, -0.2) is 5.01 Å². The molecule has 1 unspecified atom stereocenters. The van der Waals surface area contributed by atoms with Gasteiger partial charge in [-0.1, -0.05) is 18.0 Å². The van der Waals surface area contributed by atoms with Crippen molar-refractivity contribution >= 4 is 23.7 Å². The molecule has 2 aliphatic rings. The van der Waals surface area contributed by atoms with Gasteiger partial charge in [0.15, 0.2) is 5.84 Å². The van der Waals surface area contributed by atoms with E-state index in [4.69, 9.17) is 21.4 Å². The van der Waals surface area contributed by atoms with Crippen LogP contribution in [0.3, 0.4) is 0 Å². The Balaban J connectivity index is 0.00000105.